The summed E-state index contributed by atoms with van der Waals surface area (Å²) in [4.78, 5) is 12.6. The minimum absolute atomic E-state index is 0.229. The molecule has 1 heterocycles. The smallest absolute Gasteiger partial charge is 0.344 e. The van der Waals surface area contributed by atoms with E-state index in [9.17, 15) is 4.79 Å². The summed E-state index contributed by atoms with van der Waals surface area (Å²) in [6, 6.07) is 12.0. The number of nitrogens with zero attached hydrogens (tertiary/aromatic N) is 1. The fourth-order valence-corrected chi connectivity index (χ4v) is 2.72. The Morgan fingerprint density at radius 1 is 1.00 bits per heavy atom. The minimum Gasteiger partial charge on any atom is -0.462 e. The highest BCUT2D eigenvalue weighted by Crippen LogP contribution is 2.23. The van der Waals surface area contributed by atoms with Gasteiger partial charge in [-0.2, -0.15) is 0 Å². The first-order valence-electron chi connectivity index (χ1n) is 9.02. The van der Waals surface area contributed by atoms with Crippen LogP contribution in [0.15, 0.2) is 48.8 Å². The molecule has 1 aromatic heterocycles. The lowest BCUT2D eigenvalue weighted by atomic mass is 10.0. The molecule has 0 saturated heterocycles. The Bertz CT molecular complexity index is 638. The van der Waals surface area contributed by atoms with Crippen LogP contribution in [-0.2, 0) is 11.3 Å². The molecular weight excluding hydrogens is 298 g/mol. The van der Waals surface area contributed by atoms with Crippen molar-refractivity contribution in [2.45, 2.75) is 52.5 Å². The predicted octanol–water partition coefficient (Wildman–Crippen LogP) is 4.79. The van der Waals surface area contributed by atoms with Gasteiger partial charge in [-0.1, -0.05) is 62.9 Å². The van der Waals surface area contributed by atoms with Crippen LogP contribution >= 0.6 is 0 Å². The molecule has 0 aliphatic rings. The Morgan fingerprint density at radius 3 is 2.46 bits per heavy atom. The van der Waals surface area contributed by atoms with Crippen LogP contribution in [-0.4, -0.2) is 12.6 Å². The van der Waals surface area contributed by atoms with Crippen LogP contribution in [0.4, 0.5) is 0 Å². The number of ether oxygens (including phenoxy) is 1. The number of carbonyl (C=O) groups excluding carboxylic acids is 1. The molecule has 128 valence electrons. The van der Waals surface area contributed by atoms with Gasteiger partial charge in [0.25, 0.3) is 0 Å². The monoisotopic (exact) mass is 326 g/mol. The summed E-state index contributed by atoms with van der Waals surface area (Å²) in [6.45, 7) is 5.58. The molecular formula is C21H28NO2+. The van der Waals surface area contributed by atoms with E-state index < -0.39 is 0 Å². The number of esters is 1. The maximum atomic E-state index is 12.6. The number of hydrogen-bond donors (Lipinski definition) is 0. The molecule has 2 aromatic rings. The van der Waals surface area contributed by atoms with Gasteiger partial charge in [-0.3, -0.25) is 0 Å². The molecule has 0 atom stereocenters. The van der Waals surface area contributed by atoms with Crippen molar-refractivity contribution in [3.05, 3.63) is 54.4 Å². The predicted molar refractivity (Wildman–Crippen MR) is 96.8 cm³/mol. The molecule has 0 spiro atoms. The number of pyridine rings is 1. The highest BCUT2D eigenvalue weighted by Gasteiger charge is 2.18. The van der Waals surface area contributed by atoms with Crippen LogP contribution < -0.4 is 4.57 Å². The Kier molecular flexibility index (Phi) is 7.47. The van der Waals surface area contributed by atoms with E-state index in [1.165, 1.54) is 19.3 Å². The molecule has 2 rings (SSSR count). The zero-order valence-corrected chi connectivity index (χ0v) is 14.8. The molecule has 0 aliphatic heterocycles. The number of benzene rings is 1. The van der Waals surface area contributed by atoms with Gasteiger partial charge >= 0.3 is 5.97 Å². The van der Waals surface area contributed by atoms with Crippen molar-refractivity contribution in [2.75, 3.05) is 6.61 Å². The van der Waals surface area contributed by atoms with Crippen LogP contribution in [0, 0.1) is 0 Å². The van der Waals surface area contributed by atoms with Gasteiger partial charge in [0.1, 0.15) is 12.1 Å². The van der Waals surface area contributed by atoms with Crippen LogP contribution in [0.2, 0.25) is 0 Å². The van der Waals surface area contributed by atoms with Gasteiger partial charge in [0.05, 0.1) is 6.61 Å². The van der Waals surface area contributed by atoms with Gasteiger partial charge in [0.15, 0.2) is 12.4 Å². The van der Waals surface area contributed by atoms with Crippen LogP contribution in [0.3, 0.4) is 0 Å². The summed E-state index contributed by atoms with van der Waals surface area (Å²) in [5.74, 6) is -0.229. The van der Waals surface area contributed by atoms with E-state index >= 15 is 0 Å². The lowest BCUT2D eigenvalue weighted by Crippen LogP contribution is -2.32. The van der Waals surface area contributed by atoms with E-state index in [1.54, 1.807) is 0 Å². The highest BCUT2D eigenvalue weighted by molar-refractivity contribution is 5.96. The lowest BCUT2D eigenvalue weighted by Gasteiger charge is -2.09. The summed E-state index contributed by atoms with van der Waals surface area (Å²) in [5, 5.41) is 0. The molecule has 3 heteroatoms. The number of hydrogen-bond acceptors (Lipinski definition) is 2. The third-order valence-electron chi connectivity index (χ3n) is 4.17. The number of carbonyl (C=O) groups is 1. The van der Waals surface area contributed by atoms with E-state index in [2.05, 4.69) is 13.8 Å². The van der Waals surface area contributed by atoms with Gasteiger partial charge in [-0.15, -0.1) is 0 Å². The zero-order valence-electron chi connectivity index (χ0n) is 14.8. The second-order valence-corrected chi connectivity index (χ2v) is 6.02. The van der Waals surface area contributed by atoms with Gasteiger partial charge in [-0.05, 0) is 18.9 Å². The Morgan fingerprint density at radius 2 is 1.75 bits per heavy atom. The molecule has 0 fully saturated rings. The molecule has 3 nitrogen and oxygen atoms in total. The molecule has 0 N–H and O–H groups in total. The zero-order chi connectivity index (χ0) is 17.2. The first kappa shape index (κ1) is 18.2. The van der Waals surface area contributed by atoms with Crippen molar-refractivity contribution in [3.8, 4) is 11.1 Å². The average molecular weight is 326 g/mol. The van der Waals surface area contributed by atoms with Gasteiger partial charge < -0.3 is 4.74 Å². The van der Waals surface area contributed by atoms with Crippen molar-refractivity contribution >= 4 is 5.97 Å². The van der Waals surface area contributed by atoms with Gasteiger partial charge in [0, 0.05) is 11.6 Å². The fourth-order valence-electron chi connectivity index (χ4n) is 2.72. The average Bonchev–Trinajstić information content (AvgIpc) is 2.64. The van der Waals surface area contributed by atoms with Crippen molar-refractivity contribution in [2.24, 2.45) is 0 Å². The third kappa shape index (κ3) is 5.19. The first-order chi connectivity index (χ1) is 11.8. The van der Waals surface area contributed by atoms with E-state index in [0.29, 0.717) is 12.2 Å². The molecule has 0 saturated carbocycles. The number of unbranched alkanes of at least 4 members (excludes halogenated alkanes) is 4. The molecule has 24 heavy (non-hydrogen) atoms. The summed E-state index contributed by atoms with van der Waals surface area (Å²) in [6.07, 6.45) is 9.64. The lowest BCUT2D eigenvalue weighted by molar-refractivity contribution is -0.693. The van der Waals surface area contributed by atoms with Crippen molar-refractivity contribution < 1.29 is 14.1 Å². The molecule has 0 radical (unpaired) electrons. The van der Waals surface area contributed by atoms with E-state index in [4.69, 9.17) is 4.74 Å². The maximum Gasteiger partial charge on any atom is 0.344 e. The Labute approximate surface area is 145 Å². The SMILES string of the molecule is CCCCCCCOC(=O)c1c[n+](CC)ccc1-c1ccccc1. The van der Waals surface area contributed by atoms with Crippen LogP contribution in [0.5, 0.6) is 0 Å². The van der Waals surface area contributed by atoms with Gasteiger partial charge in [0.2, 0.25) is 0 Å². The summed E-state index contributed by atoms with van der Waals surface area (Å²) in [7, 11) is 0. The minimum atomic E-state index is -0.229. The number of aryl methyl sites for hydroxylation is 1. The fraction of sp³-hybridized carbons (Fsp3) is 0.429. The second kappa shape index (κ2) is 9.86. The molecule has 0 bridgehead atoms. The number of aromatic nitrogens is 1. The third-order valence-corrected chi connectivity index (χ3v) is 4.17. The van der Waals surface area contributed by atoms with E-state index in [1.807, 2.05) is 53.4 Å². The molecule has 0 aliphatic carbocycles. The summed E-state index contributed by atoms with van der Waals surface area (Å²) in [5.41, 5.74) is 2.60. The Balaban J connectivity index is 2.08. The van der Waals surface area contributed by atoms with E-state index in [0.717, 1.165) is 30.5 Å². The first-order valence-corrected chi connectivity index (χ1v) is 9.02. The molecule has 0 unspecified atom stereocenters. The quantitative estimate of drug-likeness (QED) is 0.377. The van der Waals surface area contributed by atoms with Crippen molar-refractivity contribution in [1.29, 1.82) is 0 Å². The summed E-state index contributed by atoms with van der Waals surface area (Å²) >= 11 is 0. The largest absolute Gasteiger partial charge is 0.462 e. The molecule has 0 amide bonds. The summed E-state index contributed by atoms with van der Waals surface area (Å²) < 4.78 is 7.52. The Hall–Kier alpha value is -2.16. The van der Waals surface area contributed by atoms with Crippen LogP contribution in [0.25, 0.3) is 11.1 Å². The molecule has 1 aromatic carbocycles. The van der Waals surface area contributed by atoms with Crippen molar-refractivity contribution in [1.82, 2.24) is 0 Å². The second-order valence-electron chi connectivity index (χ2n) is 6.02. The maximum absolute atomic E-state index is 12.6. The normalized spacial score (nSPS) is 10.6. The highest BCUT2D eigenvalue weighted by atomic mass is 16.5. The van der Waals surface area contributed by atoms with Crippen molar-refractivity contribution in [3.63, 3.8) is 0 Å². The van der Waals surface area contributed by atoms with Crippen LogP contribution in [0.1, 0.15) is 56.3 Å². The van der Waals surface area contributed by atoms with E-state index in [-0.39, 0.29) is 5.97 Å². The van der Waals surface area contributed by atoms with Gasteiger partial charge in [-0.25, -0.2) is 9.36 Å². The standard InChI is InChI=1S/C21H28NO2/c1-3-5-6-7-11-16-24-21(23)20-17-22(4-2)15-14-19(20)18-12-9-8-10-13-18/h8-10,12-15,17H,3-7,11,16H2,1-2H3/q+1. The topological polar surface area (TPSA) is 30.2 Å². The number of rotatable bonds is 9.